The molecule has 2 aromatic rings. The van der Waals surface area contributed by atoms with Crippen LogP contribution in [-0.2, 0) is 11.2 Å². The fourth-order valence-electron chi connectivity index (χ4n) is 3.67. The molecule has 2 aliphatic rings. The van der Waals surface area contributed by atoms with Crippen LogP contribution in [0, 0.1) is 0 Å². The number of H-pyrrole nitrogens is 1. The monoisotopic (exact) mass is 369 g/mol. The van der Waals surface area contributed by atoms with Crippen LogP contribution in [-0.4, -0.2) is 71.4 Å². The molecule has 1 aromatic carbocycles. The minimum Gasteiger partial charge on any atom is -0.497 e. The molecule has 0 radical (unpaired) electrons. The Balaban J connectivity index is 1.39. The number of nitrogens with one attached hydrogen (secondary N) is 2. The largest absolute Gasteiger partial charge is 0.497 e. The lowest BCUT2D eigenvalue weighted by molar-refractivity contribution is -0.135. The fraction of sp³-hybridized carbons (Fsp3) is 0.421. The van der Waals surface area contributed by atoms with Gasteiger partial charge in [0.25, 0.3) is 5.91 Å². The average Bonchev–Trinajstić information content (AvgIpc) is 3.22. The number of nitrogens with zero attached hydrogens (tertiary/aromatic N) is 3. The summed E-state index contributed by atoms with van der Waals surface area (Å²) in [6.07, 6.45) is 2.49. The normalized spacial score (nSPS) is 19.5. The van der Waals surface area contributed by atoms with Crippen LogP contribution in [0.3, 0.4) is 0 Å². The Kier molecular flexibility index (Phi) is 4.81. The fourth-order valence-corrected chi connectivity index (χ4v) is 3.67. The van der Waals surface area contributed by atoms with Crippen molar-refractivity contribution in [3.8, 4) is 5.75 Å². The predicted molar refractivity (Wildman–Crippen MR) is 98.5 cm³/mol. The molecule has 0 aliphatic carbocycles. The minimum atomic E-state index is -0.402. The number of hydrogen-bond donors (Lipinski definition) is 2. The quantitative estimate of drug-likeness (QED) is 0.826. The lowest BCUT2D eigenvalue weighted by Crippen LogP contribution is -2.53. The molecule has 2 aliphatic heterocycles. The lowest BCUT2D eigenvalue weighted by atomic mass is 10.0. The van der Waals surface area contributed by atoms with Gasteiger partial charge in [-0.3, -0.25) is 9.59 Å². The summed E-state index contributed by atoms with van der Waals surface area (Å²) in [6.45, 7) is 2.82. The van der Waals surface area contributed by atoms with Gasteiger partial charge in [-0.05, 0) is 18.2 Å². The number of amides is 2. The van der Waals surface area contributed by atoms with Crippen LogP contribution in [0.15, 0.2) is 30.6 Å². The van der Waals surface area contributed by atoms with Crippen molar-refractivity contribution in [1.29, 1.82) is 0 Å². The number of fused-ring (bicyclic) bond motifs is 1. The van der Waals surface area contributed by atoms with Gasteiger partial charge in [0, 0.05) is 50.4 Å². The van der Waals surface area contributed by atoms with Gasteiger partial charge in [0.15, 0.2) is 0 Å². The smallest absolute Gasteiger partial charge is 0.254 e. The van der Waals surface area contributed by atoms with E-state index in [9.17, 15) is 9.59 Å². The van der Waals surface area contributed by atoms with E-state index in [2.05, 4.69) is 15.3 Å². The Bertz CT molecular complexity index is 841. The molecular formula is C19H23N5O3. The summed E-state index contributed by atoms with van der Waals surface area (Å²) in [7, 11) is 1.58. The van der Waals surface area contributed by atoms with Crippen molar-refractivity contribution in [1.82, 2.24) is 25.1 Å². The first-order valence-corrected chi connectivity index (χ1v) is 9.15. The van der Waals surface area contributed by atoms with Crippen LogP contribution >= 0.6 is 0 Å². The number of imidazole rings is 1. The topological polar surface area (TPSA) is 90.6 Å². The maximum atomic E-state index is 12.9. The molecule has 0 saturated carbocycles. The summed E-state index contributed by atoms with van der Waals surface area (Å²) in [4.78, 5) is 36.7. The van der Waals surface area contributed by atoms with Crippen LogP contribution in [0.25, 0.3) is 0 Å². The standard InChI is InChI=1S/C19H23N5O3/c1-27-14-4-2-3-13(11-14)18(25)23-7-9-24(10-8-23)19(26)17-16-15(5-6-20-17)21-12-22-16/h2-4,11-12,17,20H,5-10H2,1H3,(H,21,22)/t17-/m1/s1. The van der Waals surface area contributed by atoms with Gasteiger partial charge < -0.3 is 24.8 Å². The number of benzene rings is 1. The maximum absolute atomic E-state index is 12.9. The number of piperazine rings is 1. The Morgan fingerprint density at radius 1 is 1.19 bits per heavy atom. The second-order valence-electron chi connectivity index (χ2n) is 6.75. The molecule has 8 nitrogen and oxygen atoms in total. The van der Waals surface area contributed by atoms with Gasteiger partial charge in [-0.1, -0.05) is 6.07 Å². The molecule has 0 spiro atoms. The Hall–Kier alpha value is -2.87. The van der Waals surface area contributed by atoms with Crippen LogP contribution in [0.2, 0.25) is 0 Å². The van der Waals surface area contributed by atoms with Gasteiger partial charge in [0.2, 0.25) is 5.91 Å². The molecule has 27 heavy (non-hydrogen) atoms. The van der Waals surface area contributed by atoms with E-state index in [0.29, 0.717) is 37.5 Å². The first-order valence-electron chi connectivity index (χ1n) is 9.15. The summed E-state index contributed by atoms with van der Waals surface area (Å²) in [5, 5.41) is 3.26. The average molecular weight is 369 g/mol. The van der Waals surface area contributed by atoms with Crippen molar-refractivity contribution in [3.05, 3.63) is 47.5 Å². The van der Waals surface area contributed by atoms with Crippen molar-refractivity contribution >= 4 is 11.8 Å². The highest BCUT2D eigenvalue weighted by molar-refractivity contribution is 5.95. The second kappa shape index (κ2) is 7.40. The zero-order valence-corrected chi connectivity index (χ0v) is 15.3. The number of aromatic nitrogens is 2. The van der Waals surface area contributed by atoms with E-state index in [1.165, 1.54) is 0 Å². The summed E-state index contributed by atoms with van der Waals surface area (Å²) in [5.74, 6) is 0.649. The van der Waals surface area contributed by atoms with Crippen LogP contribution in [0.1, 0.15) is 27.8 Å². The molecule has 0 bridgehead atoms. The molecule has 2 amide bonds. The van der Waals surface area contributed by atoms with E-state index in [1.807, 2.05) is 17.0 Å². The number of aromatic amines is 1. The van der Waals surface area contributed by atoms with E-state index >= 15 is 0 Å². The Morgan fingerprint density at radius 3 is 2.74 bits per heavy atom. The molecule has 1 fully saturated rings. The van der Waals surface area contributed by atoms with Crippen LogP contribution < -0.4 is 10.1 Å². The van der Waals surface area contributed by atoms with Gasteiger partial charge in [-0.15, -0.1) is 0 Å². The minimum absolute atomic E-state index is 0.0246. The van der Waals surface area contributed by atoms with Crippen molar-refractivity contribution in [3.63, 3.8) is 0 Å². The van der Waals surface area contributed by atoms with E-state index in [4.69, 9.17) is 4.74 Å². The number of ether oxygens (including phenoxy) is 1. The van der Waals surface area contributed by atoms with Crippen molar-refractivity contribution in [2.45, 2.75) is 12.5 Å². The first kappa shape index (κ1) is 17.5. The molecule has 1 saturated heterocycles. The Morgan fingerprint density at radius 2 is 1.96 bits per heavy atom. The number of rotatable bonds is 3. The highest BCUT2D eigenvalue weighted by Gasteiger charge is 2.34. The molecule has 142 valence electrons. The van der Waals surface area contributed by atoms with E-state index in [0.717, 1.165) is 24.4 Å². The molecule has 0 unspecified atom stereocenters. The number of methoxy groups -OCH3 is 1. The molecule has 1 aromatic heterocycles. The van der Waals surface area contributed by atoms with Crippen LogP contribution in [0.4, 0.5) is 0 Å². The SMILES string of the molecule is COc1cccc(C(=O)N2CCN(C(=O)[C@@H]3NCCc4[nH]cnc43)CC2)c1. The molecule has 8 heteroatoms. The van der Waals surface area contributed by atoms with E-state index < -0.39 is 6.04 Å². The number of carbonyl (C=O) groups is 2. The zero-order chi connectivity index (χ0) is 18.8. The number of carbonyl (C=O) groups excluding carboxylic acids is 2. The first-order chi connectivity index (χ1) is 13.2. The summed E-state index contributed by atoms with van der Waals surface area (Å²) >= 11 is 0. The van der Waals surface area contributed by atoms with E-state index in [-0.39, 0.29) is 11.8 Å². The lowest BCUT2D eigenvalue weighted by Gasteiger charge is -2.37. The highest BCUT2D eigenvalue weighted by atomic mass is 16.5. The second-order valence-corrected chi connectivity index (χ2v) is 6.75. The Labute approximate surface area is 157 Å². The zero-order valence-electron chi connectivity index (χ0n) is 15.3. The van der Waals surface area contributed by atoms with Gasteiger partial charge in [-0.2, -0.15) is 0 Å². The van der Waals surface area contributed by atoms with Gasteiger partial charge in [0.05, 0.1) is 19.1 Å². The van der Waals surface area contributed by atoms with E-state index in [1.54, 1.807) is 30.5 Å². The molecule has 3 heterocycles. The van der Waals surface area contributed by atoms with Crippen LogP contribution in [0.5, 0.6) is 5.75 Å². The molecule has 2 N–H and O–H groups in total. The summed E-state index contributed by atoms with van der Waals surface area (Å²) in [6, 6.07) is 6.74. The third-order valence-corrected chi connectivity index (χ3v) is 5.19. The number of hydrogen-bond acceptors (Lipinski definition) is 5. The highest BCUT2D eigenvalue weighted by Crippen LogP contribution is 2.22. The van der Waals surface area contributed by atoms with Gasteiger partial charge in [0.1, 0.15) is 11.8 Å². The van der Waals surface area contributed by atoms with Crippen molar-refractivity contribution in [2.24, 2.45) is 0 Å². The van der Waals surface area contributed by atoms with Crippen molar-refractivity contribution in [2.75, 3.05) is 39.8 Å². The van der Waals surface area contributed by atoms with Gasteiger partial charge >= 0.3 is 0 Å². The van der Waals surface area contributed by atoms with Crippen molar-refractivity contribution < 1.29 is 14.3 Å². The third kappa shape index (κ3) is 3.40. The summed E-state index contributed by atoms with van der Waals surface area (Å²) in [5.41, 5.74) is 2.42. The molecular weight excluding hydrogens is 346 g/mol. The van der Waals surface area contributed by atoms with Gasteiger partial charge in [-0.25, -0.2) is 4.98 Å². The summed E-state index contributed by atoms with van der Waals surface area (Å²) < 4.78 is 5.19. The predicted octanol–water partition coefficient (Wildman–Crippen LogP) is 0.590. The third-order valence-electron chi connectivity index (χ3n) is 5.19. The molecule has 1 atom stereocenters. The molecule has 4 rings (SSSR count). The maximum Gasteiger partial charge on any atom is 0.254 e.